The Bertz CT molecular complexity index is 509. The zero-order chi connectivity index (χ0) is 16.3. The number of hydrogen-bond acceptors (Lipinski definition) is 4. The summed E-state index contributed by atoms with van der Waals surface area (Å²) in [5.74, 6) is -1.35. The van der Waals surface area contributed by atoms with Crippen LogP contribution in [0.1, 0.15) is 12.5 Å². The Morgan fingerprint density at radius 3 is 2.77 bits per heavy atom. The predicted molar refractivity (Wildman–Crippen MR) is 69.8 cm³/mol. The molecule has 1 aromatic rings. The van der Waals surface area contributed by atoms with Gasteiger partial charge in [-0.2, -0.15) is 0 Å². The first-order valence-corrected chi connectivity index (χ1v) is 6.79. The van der Waals surface area contributed by atoms with Crippen molar-refractivity contribution in [2.24, 2.45) is 0 Å². The molecular formula is C14H17F4NO3. The van der Waals surface area contributed by atoms with Gasteiger partial charge < -0.3 is 14.6 Å². The van der Waals surface area contributed by atoms with Crippen LogP contribution in [0.5, 0.6) is 5.75 Å². The Morgan fingerprint density at radius 1 is 1.41 bits per heavy atom. The van der Waals surface area contributed by atoms with Crippen molar-refractivity contribution in [3.05, 3.63) is 29.6 Å². The normalized spacial score (nSPS) is 23.5. The summed E-state index contributed by atoms with van der Waals surface area (Å²) < 4.78 is 59.7. The van der Waals surface area contributed by atoms with E-state index in [1.54, 1.807) is 0 Å². The molecule has 8 heteroatoms. The number of nitrogens with zero attached hydrogens (tertiary/aromatic N) is 1. The molecule has 1 N–H and O–H groups in total. The molecule has 0 amide bonds. The maximum atomic E-state index is 13.2. The summed E-state index contributed by atoms with van der Waals surface area (Å²) in [6, 6.07) is 3.05. The number of aliphatic hydroxyl groups is 1. The first-order chi connectivity index (χ1) is 10.3. The Balaban J connectivity index is 2.17. The van der Waals surface area contributed by atoms with Gasteiger partial charge in [-0.15, -0.1) is 13.2 Å². The smallest absolute Gasteiger partial charge is 0.405 e. The van der Waals surface area contributed by atoms with E-state index in [4.69, 9.17) is 9.84 Å². The number of aliphatic hydroxyl groups excluding tert-OH is 1. The number of halogens is 4. The molecule has 1 heterocycles. The lowest BCUT2D eigenvalue weighted by Gasteiger charge is -2.37. The van der Waals surface area contributed by atoms with Crippen molar-refractivity contribution in [2.45, 2.75) is 32.0 Å². The van der Waals surface area contributed by atoms with E-state index < -0.39 is 17.9 Å². The minimum Gasteiger partial charge on any atom is -0.405 e. The average Bonchev–Trinajstić information content (AvgIpc) is 2.42. The fraction of sp³-hybridized carbons (Fsp3) is 0.571. The Kier molecular flexibility index (Phi) is 5.25. The summed E-state index contributed by atoms with van der Waals surface area (Å²) in [6.45, 7) is 2.58. The third kappa shape index (κ3) is 4.56. The predicted octanol–water partition coefficient (Wildman–Crippen LogP) is 2.31. The Hall–Kier alpha value is -1.38. The largest absolute Gasteiger partial charge is 0.573 e. The van der Waals surface area contributed by atoms with Crippen molar-refractivity contribution in [1.82, 2.24) is 4.90 Å². The average molecular weight is 323 g/mol. The molecule has 124 valence electrons. The van der Waals surface area contributed by atoms with Gasteiger partial charge in [-0.25, -0.2) is 4.39 Å². The topological polar surface area (TPSA) is 41.9 Å². The van der Waals surface area contributed by atoms with Crippen LogP contribution < -0.4 is 4.74 Å². The molecule has 1 aromatic carbocycles. The van der Waals surface area contributed by atoms with Crippen LogP contribution in [0.25, 0.3) is 0 Å². The quantitative estimate of drug-likeness (QED) is 0.864. The third-order valence-corrected chi connectivity index (χ3v) is 3.47. The molecule has 22 heavy (non-hydrogen) atoms. The second kappa shape index (κ2) is 6.80. The van der Waals surface area contributed by atoms with E-state index in [2.05, 4.69) is 4.74 Å². The number of benzene rings is 1. The molecule has 1 aliphatic heterocycles. The maximum absolute atomic E-state index is 13.2. The number of morpholine rings is 1. The SMILES string of the molecule is CC1COC(CO)CN1Cc1ccc(F)cc1OC(F)(F)F. The van der Waals surface area contributed by atoms with Crippen molar-refractivity contribution in [1.29, 1.82) is 0 Å². The molecule has 0 aromatic heterocycles. The second-order valence-electron chi connectivity index (χ2n) is 5.22. The van der Waals surface area contributed by atoms with E-state index in [-0.39, 0.29) is 30.9 Å². The minimum atomic E-state index is -4.88. The number of alkyl halides is 3. The Labute approximate surface area is 125 Å². The fourth-order valence-corrected chi connectivity index (χ4v) is 2.30. The molecule has 2 rings (SSSR count). The van der Waals surface area contributed by atoms with Gasteiger partial charge in [0.25, 0.3) is 0 Å². The molecule has 0 bridgehead atoms. The summed E-state index contributed by atoms with van der Waals surface area (Å²) in [6.07, 6.45) is -5.27. The fourth-order valence-electron chi connectivity index (χ4n) is 2.30. The molecule has 4 nitrogen and oxygen atoms in total. The molecule has 0 saturated carbocycles. The van der Waals surface area contributed by atoms with Gasteiger partial charge in [-0.05, 0) is 13.0 Å². The lowest BCUT2D eigenvalue weighted by molar-refractivity contribution is -0.275. The minimum absolute atomic E-state index is 0.0356. The monoisotopic (exact) mass is 323 g/mol. The summed E-state index contributed by atoms with van der Waals surface area (Å²) in [7, 11) is 0. The van der Waals surface area contributed by atoms with E-state index >= 15 is 0 Å². The van der Waals surface area contributed by atoms with Crippen molar-refractivity contribution in [2.75, 3.05) is 19.8 Å². The van der Waals surface area contributed by atoms with Crippen LogP contribution in [0.3, 0.4) is 0 Å². The van der Waals surface area contributed by atoms with Crippen molar-refractivity contribution in [3.8, 4) is 5.75 Å². The number of ether oxygens (including phenoxy) is 2. The standard InChI is InChI=1S/C14H17F4NO3/c1-9-8-21-12(7-20)6-19(9)5-10-2-3-11(15)4-13(10)22-14(16,17)18/h2-4,9,12,20H,5-8H2,1H3. The zero-order valence-electron chi connectivity index (χ0n) is 11.9. The van der Waals surface area contributed by atoms with Crippen LogP contribution in [-0.4, -0.2) is 48.3 Å². The van der Waals surface area contributed by atoms with Crippen molar-refractivity contribution in [3.63, 3.8) is 0 Å². The lowest BCUT2D eigenvalue weighted by atomic mass is 10.1. The highest BCUT2D eigenvalue weighted by Gasteiger charge is 2.33. The van der Waals surface area contributed by atoms with Crippen LogP contribution in [0, 0.1) is 5.82 Å². The molecule has 1 fully saturated rings. The molecule has 0 spiro atoms. The summed E-state index contributed by atoms with van der Waals surface area (Å²) in [4.78, 5) is 1.86. The third-order valence-electron chi connectivity index (χ3n) is 3.47. The van der Waals surface area contributed by atoms with Gasteiger partial charge in [0.2, 0.25) is 0 Å². The highest BCUT2D eigenvalue weighted by Crippen LogP contribution is 2.29. The van der Waals surface area contributed by atoms with Crippen LogP contribution in [0.2, 0.25) is 0 Å². The van der Waals surface area contributed by atoms with E-state index in [9.17, 15) is 17.6 Å². The van der Waals surface area contributed by atoms with E-state index in [0.29, 0.717) is 13.2 Å². The molecule has 1 aliphatic rings. The van der Waals surface area contributed by atoms with Crippen LogP contribution in [-0.2, 0) is 11.3 Å². The molecule has 0 aliphatic carbocycles. The highest BCUT2D eigenvalue weighted by molar-refractivity contribution is 5.34. The van der Waals surface area contributed by atoms with Gasteiger partial charge in [0.15, 0.2) is 0 Å². The van der Waals surface area contributed by atoms with E-state index in [0.717, 1.165) is 12.1 Å². The van der Waals surface area contributed by atoms with Gasteiger partial charge in [0.05, 0.1) is 19.3 Å². The van der Waals surface area contributed by atoms with Crippen LogP contribution in [0.4, 0.5) is 17.6 Å². The first-order valence-electron chi connectivity index (χ1n) is 6.79. The summed E-state index contributed by atoms with van der Waals surface area (Å²) >= 11 is 0. The molecule has 0 radical (unpaired) electrons. The molecule has 2 unspecified atom stereocenters. The number of hydrogen-bond donors (Lipinski definition) is 1. The summed E-state index contributed by atoms with van der Waals surface area (Å²) in [5, 5.41) is 9.13. The van der Waals surface area contributed by atoms with E-state index in [1.165, 1.54) is 6.07 Å². The second-order valence-corrected chi connectivity index (χ2v) is 5.22. The van der Waals surface area contributed by atoms with E-state index in [1.807, 2.05) is 11.8 Å². The van der Waals surface area contributed by atoms with Crippen molar-refractivity contribution < 1.29 is 32.1 Å². The maximum Gasteiger partial charge on any atom is 0.573 e. The van der Waals surface area contributed by atoms with Crippen LogP contribution >= 0.6 is 0 Å². The van der Waals surface area contributed by atoms with Gasteiger partial charge in [-0.3, -0.25) is 4.90 Å². The Morgan fingerprint density at radius 2 is 2.14 bits per heavy atom. The number of rotatable bonds is 4. The highest BCUT2D eigenvalue weighted by atomic mass is 19.4. The van der Waals surface area contributed by atoms with Crippen molar-refractivity contribution >= 4 is 0 Å². The van der Waals surface area contributed by atoms with Gasteiger partial charge in [-0.1, -0.05) is 6.07 Å². The summed E-state index contributed by atoms with van der Waals surface area (Å²) in [5.41, 5.74) is 0.226. The molecule has 1 saturated heterocycles. The molecular weight excluding hydrogens is 306 g/mol. The first kappa shape index (κ1) is 17.0. The van der Waals surface area contributed by atoms with Gasteiger partial charge in [0.1, 0.15) is 11.6 Å². The lowest BCUT2D eigenvalue weighted by Crippen LogP contribution is -2.48. The van der Waals surface area contributed by atoms with Gasteiger partial charge in [0, 0.05) is 30.8 Å². The zero-order valence-corrected chi connectivity index (χ0v) is 11.9. The van der Waals surface area contributed by atoms with Crippen LogP contribution in [0.15, 0.2) is 18.2 Å². The molecule has 2 atom stereocenters. The van der Waals surface area contributed by atoms with Gasteiger partial charge >= 0.3 is 6.36 Å².